The van der Waals surface area contributed by atoms with Gasteiger partial charge in [0, 0.05) is 30.6 Å². The Hall–Kier alpha value is -5.44. The molecule has 0 aliphatic heterocycles. The van der Waals surface area contributed by atoms with E-state index in [9.17, 15) is 18.4 Å². The monoisotopic (exact) mass is 578 g/mol. The van der Waals surface area contributed by atoms with Crippen molar-refractivity contribution >= 4 is 39.9 Å². The van der Waals surface area contributed by atoms with Crippen LogP contribution in [0.2, 0.25) is 0 Å². The van der Waals surface area contributed by atoms with Gasteiger partial charge in [0.25, 0.3) is 11.8 Å². The van der Waals surface area contributed by atoms with E-state index in [2.05, 4.69) is 36.1 Å². The van der Waals surface area contributed by atoms with Crippen LogP contribution in [-0.2, 0) is 6.54 Å². The zero-order valence-electron chi connectivity index (χ0n) is 21.1. The first kappa shape index (κ1) is 27.1. The van der Waals surface area contributed by atoms with Crippen molar-refractivity contribution < 1.29 is 27.6 Å². The molecule has 41 heavy (non-hydrogen) atoms. The molecule has 0 aliphatic carbocycles. The molecule has 0 saturated heterocycles. The fourth-order valence-corrected chi connectivity index (χ4v) is 4.37. The summed E-state index contributed by atoms with van der Waals surface area (Å²) in [5.74, 6) is -2.55. The molecule has 3 heterocycles. The number of hydrogen-bond acceptors (Lipinski definition) is 10. The molecule has 5 N–H and O–H groups in total. The summed E-state index contributed by atoms with van der Waals surface area (Å²) in [6, 6.07) is 10.9. The average molecular weight is 579 g/mol. The maximum atomic E-state index is 14.7. The minimum absolute atomic E-state index is 0.0152. The van der Waals surface area contributed by atoms with Gasteiger partial charge in [0.2, 0.25) is 5.82 Å². The maximum Gasteiger partial charge on any atom is 0.321 e. The smallest absolute Gasteiger partial charge is 0.321 e. The Balaban J connectivity index is 1.31. The number of amides is 3. The fraction of sp³-hybridized carbons (Fsp3) is 0.0769. The number of nitrogens with one attached hydrogen (secondary N) is 3. The van der Waals surface area contributed by atoms with Crippen LogP contribution in [-0.4, -0.2) is 39.2 Å². The fourth-order valence-electron chi connectivity index (χ4n) is 3.57. The van der Waals surface area contributed by atoms with Crippen LogP contribution >= 0.6 is 11.3 Å². The second-order valence-electron chi connectivity index (χ2n) is 8.32. The average Bonchev–Trinajstić information content (AvgIpc) is 3.60. The molecule has 2 aromatic carbocycles. The van der Waals surface area contributed by atoms with E-state index in [4.69, 9.17) is 15.0 Å². The minimum atomic E-state index is -1.00. The summed E-state index contributed by atoms with van der Waals surface area (Å²) in [5, 5.41) is 11.5. The summed E-state index contributed by atoms with van der Waals surface area (Å²) in [7, 11) is 1.45. The van der Waals surface area contributed by atoms with Crippen LogP contribution in [0.3, 0.4) is 0 Å². The number of anilines is 3. The molecule has 3 aromatic heterocycles. The van der Waals surface area contributed by atoms with Crippen LogP contribution in [0.4, 0.5) is 30.2 Å². The highest BCUT2D eigenvalue weighted by Crippen LogP contribution is 2.35. The first-order valence-corrected chi connectivity index (χ1v) is 12.6. The molecule has 15 heteroatoms. The number of hydrogen-bond donors (Lipinski definition) is 4. The minimum Gasteiger partial charge on any atom is -0.497 e. The van der Waals surface area contributed by atoms with Crippen LogP contribution in [0.5, 0.6) is 5.75 Å². The second kappa shape index (κ2) is 11.7. The quantitative estimate of drug-likeness (QED) is 0.204. The predicted octanol–water partition coefficient (Wildman–Crippen LogP) is 4.70. The number of rotatable bonds is 8. The van der Waals surface area contributed by atoms with Gasteiger partial charge < -0.3 is 25.6 Å². The Morgan fingerprint density at radius 1 is 1.07 bits per heavy atom. The number of ether oxygens (including phenoxy) is 1. The zero-order chi connectivity index (χ0) is 28.9. The number of aromatic nitrogens is 4. The Bertz CT molecular complexity index is 1730. The van der Waals surface area contributed by atoms with Crippen LogP contribution in [0, 0.1) is 11.6 Å². The molecule has 0 fully saturated rings. The van der Waals surface area contributed by atoms with Gasteiger partial charge in [-0.15, -0.1) is 0 Å². The van der Waals surface area contributed by atoms with Crippen LogP contribution in [0.15, 0.2) is 65.4 Å². The van der Waals surface area contributed by atoms with Crippen LogP contribution in [0.25, 0.3) is 22.2 Å². The van der Waals surface area contributed by atoms with Crippen molar-refractivity contribution in [3.05, 3.63) is 83.7 Å². The number of benzene rings is 2. The Kier molecular flexibility index (Phi) is 7.78. The summed E-state index contributed by atoms with van der Waals surface area (Å²) in [6.45, 7) is 0.242. The largest absolute Gasteiger partial charge is 0.497 e. The molecule has 0 unspecified atom stereocenters. The third-order valence-electron chi connectivity index (χ3n) is 5.55. The van der Waals surface area contributed by atoms with E-state index in [-0.39, 0.29) is 50.9 Å². The number of urea groups is 1. The van der Waals surface area contributed by atoms with Gasteiger partial charge in [-0.25, -0.2) is 18.6 Å². The van der Waals surface area contributed by atoms with E-state index >= 15 is 0 Å². The summed E-state index contributed by atoms with van der Waals surface area (Å²) in [5.41, 5.74) is 6.44. The van der Waals surface area contributed by atoms with E-state index in [1.54, 1.807) is 30.6 Å². The van der Waals surface area contributed by atoms with E-state index in [1.165, 1.54) is 19.2 Å². The predicted molar refractivity (Wildman–Crippen MR) is 146 cm³/mol. The van der Waals surface area contributed by atoms with Crippen LogP contribution < -0.4 is 26.4 Å². The highest BCUT2D eigenvalue weighted by molar-refractivity contribution is 7.19. The highest BCUT2D eigenvalue weighted by atomic mass is 32.1. The molecule has 0 spiro atoms. The van der Waals surface area contributed by atoms with Crippen molar-refractivity contribution in [2.75, 3.05) is 23.5 Å². The first-order chi connectivity index (χ1) is 19.8. The molecule has 5 aromatic rings. The van der Waals surface area contributed by atoms with Gasteiger partial charge in [-0.05, 0) is 35.9 Å². The first-order valence-electron chi connectivity index (χ1n) is 11.8. The number of halogens is 2. The van der Waals surface area contributed by atoms with Gasteiger partial charge in [-0.1, -0.05) is 28.6 Å². The lowest BCUT2D eigenvalue weighted by Gasteiger charge is -2.09. The Labute approximate surface area is 234 Å². The van der Waals surface area contributed by atoms with E-state index < -0.39 is 23.6 Å². The Morgan fingerprint density at radius 3 is 2.71 bits per heavy atom. The van der Waals surface area contributed by atoms with Gasteiger partial charge in [0.15, 0.2) is 5.13 Å². The van der Waals surface area contributed by atoms with Gasteiger partial charge in [0.1, 0.15) is 28.1 Å². The van der Waals surface area contributed by atoms with Gasteiger partial charge in [0.05, 0.1) is 18.4 Å². The molecule has 208 valence electrons. The van der Waals surface area contributed by atoms with Crippen molar-refractivity contribution in [1.29, 1.82) is 0 Å². The van der Waals surface area contributed by atoms with Crippen molar-refractivity contribution in [2.24, 2.45) is 0 Å². The molecule has 0 radical (unpaired) electrons. The number of thiazole rings is 1. The lowest BCUT2D eigenvalue weighted by molar-refractivity contribution is 0.102. The number of nitrogen functional groups attached to an aromatic ring is 1. The molecule has 0 aliphatic rings. The topological polar surface area (TPSA) is 170 Å². The Morgan fingerprint density at radius 2 is 1.93 bits per heavy atom. The van der Waals surface area contributed by atoms with Gasteiger partial charge in [-0.3, -0.25) is 15.1 Å². The van der Waals surface area contributed by atoms with Gasteiger partial charge >= 0.3 is 6.03 Å². The number of carbonyl (C=O) groups excluding carboxylic acids is 2. The summed E-state index contributed by atoms with van der Waals surface area (Å²) >= 11 is 0.952. The van der Waals surface area contributed by atoms with Crippen molar-refractivity contribution in [1.82, 2.24) is 25.4 Å². The molecule has 12 nitrogen and oxygen atoms in total. The number of carbonyl (C=O) groups is 2. The molecular weight excluding hydrogens is 558 g/mol. The molecular formula is C26H20F2N8O4S. The third kappa shape index (κ3) is 6.25. The van der Waals surface area contributed by atoms with Crippen molar-refractivity contribution in [3.63, 3.8) is 0 Å². The summed E-state index contributed by atoms with van der Waals surface area (Å²) in [4.78, 5) is 37.3. The number of pyridine rings is 1. The maximum absolute atomic E-state index is 14.7. The third-order valence-corrected chi connectivity index (χ3v) is 6.52. The second-order valence-corrected chi connectivity index (χ2v) is 9.32. The molecule has 0 atom stereocenters. The molecule has 0 saturated carbocycles. The zero-order valence-corrected chi connectivity index (χ0v) is 22.0. The molecule has 3 amide bonds. The summed E-state index contributed by atoms with van der Waals surface area (Å²) in [6.07, 6.45) is 3.24. The SMILES string of the molecule is COc1cccc(C(=O)Nc2cc(-c3noc(-c4sc(NC(=O)NCc5cccnc5)nc4N)n3)c(F)cc2F)c1. The lowest BCUT2D eigenvalue weighted by atomic mass is 10.1. The summed E-state index contributed by atoms with van der Waals surface area (Å²) < 4.78 is 39.6. The van der Waals surface area contributed by atoms with E-state index in [0.29, 0.717) is 11.8 Å². The normalized spacial score (nSPS) is 10.7. The number of methoxy groups -OCH3 is 1. The lowest BCUT2D eigenvalue weighted by Crippen LogP contribution is -2.28. The van der Waals surface area contributed by atoms with Gasteiger partial charge in [-0.2, -0.15) is 4.98 Å². The highest BCUT2D eigenvalue weighted by Gasteiger charge is 2.22. The van der Waals surface area contributed by atoms with E-state index in [0.717, 1.165) is 23.0 Å². The molecule has 0 bridgehead atoms. The molecule has 5 rings (SSSR count). The van der Waals surface area contributed by atoms with E-state index in [1.807, 2.05) is 6.07 Å². The number of nitrogens with zero attached hydrogens (tertiary/aromatic N) is 4. The standard InChI is InChI=1S/C26H20F2N8O4S/c1-39-15-6-2-5-14(8-15)23(37)32-19-9-16(17(27)10-18(19)28)22-34-24(40-36-22)20-21(29)33-26(41-20)35-25(38)31-12-13-4-3-7-30-11-13/h2-11H,12,29H2,1H3,(H,32,37)(H2,31,33,35,38). The van der Waals surface area contributed by atoms with Crippen molar-refractivity contribution in [2.45, 2.75) is 6.54 Å². The van der Waals surface area contributed by atoms with Crippen molar-refractivity contribution in [3.8, 4) is 27.9 Å². The number of nitrogens with two attached hydrogens (primary N) is 1. The van der Waals surface area contributed by atoms with Crippen LogP contribution in [0.1, 0.15) is 15.9 Å².